The van der Waals surface area contributed by atoms with Crippen molar-refractivity contribution in [3.8, 4) is 17.2 Å². The van der Waals surface area contributed by atoms with Gasteiger partial charge in [-0.3, -0.25) is 4.90 Å². The van der Waals surface area contributed by atoms with Crippen LogP contribution in [0.15, 0.2) is 84.9 Å². The van der Waals surface area contributed by atoms with Gasteiger partial charge in [0, 0.05) is 18.7 Å². The highest BCUT2D eigenvalue weighted by atomic mass is 16.5. The summed E-state index contributed by atoms with van der Waals surface area (Å²) in [6, 6.07) is 23.9. The Morgan fingerprint density at radius 2 is 1.29 bits per heavy atom. The highest BCUT2D eigenvalue weighted by Crippen LogP contribution is 2.42. The topological polar surface area (TPSA) is 77.5 Å². The predicted molar refractivity (Wildman–Crippen MR) is 146 cm³/mol. The van der Waals surface area contributed by atoms with Crippen LogP contribution in [0.25, 0.3) is 0 Å². The Kier molecular flexibility index (Phi) is 9.05. The lowest BCUT2D eigenvalue weighted by Gasteiger charge is -2.37. The van der Waals surface area contributed by atoms with E-state index in [-0.39, 0.29) is 6.04 Å². The lowest BCUT2D eigenvalue weighted by Crippen LogP contribution is -2.37. The SMILES string of the molecule is COc1ccc(C(OCCN2CCC[C@@H]2/C=C\C(=O)O)(c2ccc(OC)cc2)c2ccc(OC)cc2)cc1. The first-order valence-electron chi connectivity index (χ1n) is 12.7. The lowest BCUT2D eigenvalue weighted by molar-refractivity contribution is -0.131. The number of benzene rings is 3. The van der Waals surface area contributed by atoms with Crippen molar-refractivity contribution in [1.82, 2.24) is 4.90 Å². The minimum absolute atomic E-state index is 0.0899. The van der Waals surface area contributed by atoms with Crippen molar-refractivity contribution in [3.63, 3.8) is 0 Å². The molecule has 4 rings (SSSR count). The van der Waals surface area contributed by atoms with Crippen LogP contribution in [-0.2, 0) is 15.1 Å². The standard InChI is InChI=1S/C31H35NO6/c1-35-27-13-6-23(7-14-27)31(24-8-15-28(36-2)16-9-24,25-10-17-29(37-3)18-11-25)38-22-21-32-20-4-5-26(32)12-19-30(33)34/h6-19,26H,4-5,20-22H2,1-3H3,(H,33,34)/b19-12-/t26-/m1/s1. The van der Waals surface area contributed by atoms with Crippen molar-refractivity contribution in [3.05, 3.63) is 102 Å². The largest absolute Gasteiger partial charge is 0.497 e. The van der Waals surface area contributed by atoms with Crippen molar-refractivity contribution in [2.24, 2.45) is 0 Å². The van der Waals surface area contributed by atoms with E-state index in [1.54, 1.807) is 27.4 Å². The Hall–Kier alpha value is -3.81. The summed E-state index contributed by atoms with van der Waals surface area (Å²) in [6.07, 6.45) is 4.97. The molecule has 7 heteroatoms. The number of carboxylic acids is 1. The van der Waals surface area contributed by atoms with E-state index >= 15 is 0 Å². The summed E-state index contributed by atoms with van der Waals surface area (Å²) in [4.78, 5) is 13.3. The molecule has 1 saturated heterocycles. The summed E-state index contributed by atoms with van der Waals surface area (Å²) in [5.41, 5.74) is 1.95. The third-order valence-corrected chi connectivity index (χ3v) is 7.06. The van der Waals surface area contributed by atoms with Gasteiger partial charge in [-0.25, -0.2) is 4.79 Å². The monoisotopic (exact) mass is 517 g/mol. The number of carbonyl (C=O) groups is 1. The van der Waals surface area contributed by atoms with Crippen LogP contribution in [0, 0.1) is 0 Å². The first-order chi connectivity index (χ1) is 18.5. The smallest absolute Gasteiger partial charge is 0.328 e. The van der Waals surface area contributed by atoms with Crippen LogP contribution in [0.5, 0.6) is 17.2 Å². The van der Waals surface area contributed by atoms with E-state index in [0.29, 0.717) is 13.2 Å². The van der Waals surface area contributed by atoms with Crippen molar-refractivity contribution >= 4 is 5.97 Å². The van der Waals surface area contributed by atoms with Gasteiger partial charge >= 0.3 is 5.97 Å². The van der Waals surface area contributed by atoms with E-state index in [1.807, 2.05) is 72.8 Å². The van der Waals surface area contributed by atoms with Crippen LogP contribution in [0.4, 0.5) is 0 Å². The number of aliphatic carboxylic acids is 1. The van der Waals surface area contributed by atoms with Gasteiger partial charge in [0.25, 0.3) is 0 Å². The molecule has 200 valence electrons. The Morgan fingerprint density at radius 3 is 1.68 bits per heavy atom. The molecule has 0 unspecified atom stereocenters. The zero-order valence-corrected chi connectivity index (χ0v) is 22.1. The molecule has 1 aliphatic rings. The summed E-state index contributed by atoms with van der Waals surface area (Å²) in [5.74, 6) is 1.36. The van der Waals surface area contributed by atoms with Crippen molar-refractivity contribution in [2.75, 3.05) is 41.0 Å². The van der Waals surface area contributed by atoms with Gasteiger partial charge in [0.2, 0.25) is 0 Å². The van der Waals surface area contributed by atoms with Gasteiger partial charge < -0.3 is 24.1 Å². The summed E-state index contributed by atoms with van der Waals surface area (Å²) in [5, 5.41) is 9.08. The number of rotatable bonds is 12. The third kappa shape index (κ3) is 6.01. The minimum atomic E-state index is -0.925. The molecule has 7 nitrogen and oxygen atoms in total. The molecule has 0 spiro atoms. The molecule has 0 aliphatic carbocycles. The number of nitrogens with zero attached hydrogens (tertiary/aromatic N) is 1. The van der Waals surface area contributed by atoms with E-state index in [2.05, 4.69) is 4.90 Å². The Balaban J connectivity index is 1.74. The fraction of sp³-hybridized carbons (Fsp3) is 0.323. The molecule has 0 radical (unpaired) electrons. The highest BCUT2D eigenvalue weighted by Gasteiger charge is 2.38. The second-order valence-corrected chi connectivity index (χ2v) is 9.16. The summed E-state index contributed by atoms with van der Waals surface area (Å²) < 4.78 is 23.2. The number of methoxy groups -OCH3 is 3. The van der Waals surface area contributed by atoms with Gasteiger partial charge in [-0.2, -0.15) is 0 Å². The van der Waals surface area contributed by atoms with Crippen molar-refractivity contribution in [2.45, 2.75) is 24.5 Å². The average Bonchev–Trinajstić information content (AvgIpc) is 3.42. The van der Waals surface area contributed by atoms with Crippen LogP contribution in [0.2, 0.25) is 0 Å². The van der Waals surface area contributed by atoms with Crippen LogP contribution in [-0.4, -0.2) is 63.0 Å². The molecule has 3 aromatic rings. The third-order valence-electron chi connectivity index (χ3n) is 7.06. The molecule has 1 fully saturated rings. The predicted octanol–water partition coefficient (Wildman–Crippen LogP) is 5.13. The minimum Gasteiger partial charge on any atom is -0.497 e. The Labute approximate surface area is 224 Å². The second kappa shape index (κ2) is 12.6. The summed E-state index contributed by atoms with van der Waals surface area (Å²) in [6.45, 7) is 2.00. The molecule has 1 N–H and O–H groups in total. The molecule has 0 aromatic heterocycles. The number of likely N-dealkylation sites (tertiary alicyclic amines) is 1. The maximum Gasteiger partial charge on any atom is 0.328 e. The van der Waals surface area contributed by atoms with E-state index in [4.69, 9.17) is 24.1 Å². The molecule has 1 heterocycles. The average molecular weight is 518 g/mol. The van der Waals surface area contributed by atoms with Crippen LogP contribution < -0.4 is 14.2 Å². The summed E-state index contributed by atoms with van der Waals surface area (Å²) >= 11 is 0. The molecular weight excluding hydrogens is 482 g/mol. The van der Waals surface area contributed by atoms with Gasteiger partial charge in [-0.15, -0.1) is 0 Å². The number of ether oxygens (including phenoxy) is 4. The molecule has 0 bridgehead atoms. The molecule has 0 amide bonds. The Bertz CT molecular complexity index is 1090. The Morgan fingerprint density at radius 1 is 0.842 bits per heavy atom. The van der Waals surface area contributed by atoms with Crippen LogP contribution in [0.1, 0.15) is 29.5 Å². The van der Waals surface area contributed by atoms with E-state index < -0.39 is 11.6 Å². The molecule has 1 aliphatic heterocycles. The van der Waals surface area contributed by atoms with E-state index in [0.717, 1.165) is 53.3 Å². The molecule has 38 heavy (non-hydrogen) atoms. The lowest BCUT2D eigenvalue weighted by atomic mass is 9.80. The normalized spacial score (nSPS) is 16.0. The van der Waals surface area contributed by atoms with E-state index in [9.17, 15) is 4.79 Å². The maximum atomic E-state index is 11.1. The van der Waals surface area contributed by atoms with Gasteiger partial charge in [0.05, 0.1) is 27.9 Å². The maximum absolute atomic E-state index is 11.1. The zero-order valence-electron chi connectivity index (χ0n) is 22.1. The fourth-order valence-corrected chi connectivity index (χ4v) is 5.08. The highest BCUT2D eigenvalue weighted by molar-refractivity contribution is 5.79. The van der Waals surface area contributed by atoms with Crippen molar-refractivity contribution in [1.29, 1.82) is 0 Å². The van der Waals surface area contributed by atoms with Crippen molar-refractivity contribution < 1.29 is 28.8 Å². The molecular formula is C31H35NO6. The van der Waals surface area contributed by atoms with Gasteiger partial charge in [-0.05, 0) is 72.5 Å². The number of hydrogen-bond acceptors (Lipinski definition) is 6. The number of carboxylic acid groups (broad SMARTS) is 1. The van der Waals surface area contributed by atoms with Crippen LogP contribution >= 0.6 is 0 Å². The fourth-order valence-electron chi connectivity index (χ4n) is 5.08. The molecule has 3 aromatic carbocycles. The van der Waals surface area contributed by atoms with Gasteiger partial charge in [0.1, 0.15) is 22.8 Å². The first kappa shape index (κ1) is 27.2. The zero-order chi connectivity index (χ0) is 27.0. The first-order valence-corrected chi connectivity index (χ1v) is 12.7. The van der Waals surface area contributed by atoms with E-state index in [1.165, 1.54) is 6.08 Å². The second-order valence-electron chi connectivity index (χ2n) is 9.16. The quantitative estimate of drug-likeness (QED) is 0.264. The molecule has 1 atom stereocenters. The van der Waals surface area contributed by atoms with Gasteiger partial charge in [-0.1, -0.05) is 42.5 Å². The summed E-state index contributed by atoms with van der Waals surface area (Å²) in [7, 11) is 4.95. The molecule has 0 saturated carbocycles. The van der Waals surface area contributed by atoms with Gasteiger partial charge in [0.15, 0.2) is 0 Å². The number of hydrogen-bond donors (Lipinski definition) is 1. The van der Waals surface area contributed by atoms with Crippen LogP contribution in [0.3, 0.4) is 0 Å².